The number of ether oxygens (including phenoxy) is 2. The highest BCUT2D eigenvalue weighted by atomic mass is 16.6. The van der Waals surface area contributed by atoms with Crippen LogP contribution in [-0.4, -0.2) is 29.4 Å². The first kappa shape index (κ1) is 21.7. The maximum Gasteiger partial charge on any atom is 0.412 e. The number of carbonyl (C=O) groups excluding carboxylic acids is 1. The molecule has 0 aliphatic carbocycles. The molecule has 3 rings (SSSR count). The van der Waals surface area contributed by atoms with E-state index in [1.165, 1.54) is 19.3 Å². The van der Waals surface area contributed by atoms with Gasteiger partial charge < -0.3 is 19.7 Å². The van der Waals surface area contributed by atoms with Crippen LogP contribution in [0.3, 0.4) is 0 Å². The van der Waals surface area contributed by atoms with Gasteiger partial charge in [0.2, 0.25) is 0 Å². The second-order valence-corrected chi connectivity index (χ2v) is 6.97. The molecule has 3 aromatic carbocycles. The van der Waals surface area contributed by atoms with Gasteiger partial charge in [-0.05, 0) is 29.1 Å². The van der Waals surface area contributed by atoms with Crippen LogP contribution in [0.1, 0.15) is 18.6 Å². The Labute approximate surface area is 179 Å². The van der Waals surface area contributed by atoms with Gasteiger partial charge in [0.05, 0.1) is 12.8 Å². The Morgan fingerprint density at radius 3 is 2.52 bits per heavy atom. The second-order valence-electron chi connectivity index (χ2n) is 6.97. The quantitative estimate of drug-likeness (QED) is 0.457. The molecule has 0 heterocycles. The van der Waals surface area contributed by atoms with Gasteiger partial charge in [0, 0.05) is 17.4 Å². The predicted octanol–water partition coefficient (Wildman–Crippen LogP) is 5.12. The number of rotatable bonds is 7. The molecular formula is C24H23NO6. The SMILES string of the molecule is COc1ccc([C@H](OC(=O)Nc2cccc3ccccc23)[C@@H](C)/C=C/C(=O)O)cc1O. The Balaban J connectivity index is 1.87. The lowest BCUT2D eigenvalue weighted by atomic mass is 9.96. The molecule has 3 N–H and O–H groups in total. The number of phenols is 1. The van der Waals surface area contributed by atoms with Gasteiger partial charge in [0.1, 0.15) is 6.10 Å². The minimum Gasteiger partial charge on any atom is -0.504 e. The summed E-state index contributed by atoms with van der Waals surface area (Å²) in [6.45, 7) is 1.72. The lowest BCUT2D eigenvalue weighted by Crippen LogP contribution is -2.21. The van der Waals surface area contributed by atoms with E-state index in [1.807, 2.05) is 36.4 Å². The van der Waals surface area contributed by atoms with E-state index in [9.17, 15) is 14.7 Å². The fourth-order valence-electron chi connectivity index (χ4n) is 3.29. The molecule has 0 saturated carbocycles. The standard InChI is InChI=1S/C24H23NO6/c1-15(10-13-22(27)28)23(17-11-12-21(30-2)20(26)14-17)31-24(29)25-19-9-5-7-16-6-3-4-8-18(16)19/h3-15,23,26H,1-2H3,(H,25,29)(H,27,28)/b13-10+/t15-,23+/m0/s1. The van der Waals surface area contributed by atoms with Gasteiger partial charge in [0.25, 0.3) is 0 Å². The first-order chi connectivity index (χ1) is 14.9. The lowest BCUT2D eigenvalue weighted by Gasteiger charge is -2.23. The van der Waals surface area contributed by atoms with Gasteiger partial charge in [-0.25, -0.2) is 9.59 Å². The van der Waals surface area contributed by atoms with Crippen LogP contribution in [0.15, 0.2) is 72.8 Å². The maximum atomic E-state index is 12.7. The molecule has 0 saturated heterocycles. The number of aromatic hydroxyl groups is 1. The highest BCUT2D eigenvalue weighted by Crippen LogP contribution is 2.34. The fourth-order valence-corrected chi connectivity index (χ4v) is 3.29. The number of methoxy groups -OCH3 is 1. The van der Waals surface area contributed by atoms with Gasteiger partial charge in [-0.15, -0.1) is 0 Å². The van der Waals surface area contributed by atoms with Gasteiger partial charge in [-0.2, -0.15) is 0 Å². The Morgan fingerprint density at radius 2 is 1.81 bits per heavy atom. The van der Waals surface area contributed by atoms with Crippen LogP contribution in [0.25, 0.3) is 10.8 Å². The minimum atomic E-state index is -1.11. The van der Waals surface area contributed by atoms with E-state index in [4.69, 9.17) is 14.6 Å². The molecule has 3 aromatic rings. The van der Waals surface area contributed by atoms with Crippen molar-refractivity contribution in [1.29, 1.82) is 0 Å². The number of carbonyl (C=O) groups is 2. The van der Waals surface area contributed by atoms with E-state index in [2.05, 4.69) is 5.32 Å². The summed E-state index contributed by atoms with van der Waals surface area (Å²) >= 11 is 0. The van der Waals surface area contributed by atoms with Gasteiger partial charge >= 0.3 is 12.1 Å². The molecule has 31 heavy (non-hydrogen) atoms. The monoisotopic (exact) mass is 421 g/mol. The molecule has 0 bridgehead atoms. The number of phenolic OH excluding ortho intramolecular Hbond substituents is 1. The molecule has 0 aliphatic rings. The van der Waals surface area contributed by atoms with Crippen molar-refractivity contribution in [3.05, 3.63) is 78.4 Å². The van der Waals surface area contributed by atoms with E-state index in [0.29, 0.717) is 11.3 Å². The molecule has 0 unspecified atom stereocenters. The van der Waals surface area contributed by atoms with Gasteiger partial charge in [0.15, 0.2) is 11.5 Å². The average Bonchev–Trinajstić information content (AvgIpc) is 2.76. The molecule has 0 aliphatic heterocycles. The van der Waals surface area contributed by atoms with E-state index in [1.54, 1.807) is 25.1 Å². The highest BCUT2D eigenvalue weighted by molar-refractivity contribution is 6.00. The van der Waals surface area contributed by atoms with Crippen LogP contribution in [0.2, 0.25) is 0 Å². The number of hydrogen-bond donors (Lipinski definition) is 3. The predicted molar refractivity (Wildman–Crippen MR) is 117 cm³/mol. The van der Waals surface area contributed by atoms with Crippen LogP contribution in [0.5, 0.6) is 11.5 Å². The van der Waals surface area contributed by atoms with Crippen LogP contribution < -0.4 is 10.1 Å². The van der Waals surface area contributed by atoms with Crippen molar-refractivity contribution in [2.75, 3.05) is 12.4 Å². The van der Waals surface area contributed by atoms with Crippen LogP contribution in [0.4, 0.5) is 10.5 Å². The number of fused-ring (bicyclic) bond motifs is 1. The van der Waals surface area contributed by atoms with Crippen LogP contribution >= 0.6 is 0 Å². The average molecular weight is 421 g/mol. The number of anilines is 1. The van der Waals surface area contributed by atoms with Crippen molar-refractivity contribution in [2.24, 2.45) is 5.92 Å². The summed E-state index contributed by atoms with van der Waals surface area (Å²) in [5.74, 6) is -1.43. The molecule has 0 fully saturated rings. The molecule has 160 valence electrons. The van der Waals surface area contributed by atoms with E-state index < -0.39 is 24.1 Å². The second kappa shape index (κ2) is 9.67. The molecule has 0 radical (unpaired) electrons. The molecule has 1 amide bonds. The number of carboxylic acids is 1. The minimum absolute atomic E-state index is 0.113. The van der Waals surface area contributed by atoms with Crippen molar-refractivity contribution in [3.8, 4) is 11.5 Å². The third kappa shape index (κ3) is 5.33. The molecular weight excluding hydrogens is 398 g/mol. The van der Waals surface area contributed by atoms with Crippen molar-refractivity contribution in [1.82, 2.24) is 0 Å². The molecule has 0 aromatic heterocycles. The van der Waals surface area contributed by atoms with Gasteiger partial charge in [-0.1, -0.05) is 55.5 Å². The summed E-state index contributed by atoms with van der Waals surface area (Å²) in [7, 11) is 1.43. The van der Waals surface area contributed by atoms with Gasteiger partial charge in [-0.3, -0.25) is 5.32 Å². The zero-order chi connectivity index (χ0) is 22.4. The first-order valence-corrected chi connectivity index (χ1v) is 9.62. The first-order valence-electron chi connectivity index (χ1n) is 9.62. The normalized spacial score (nSPS) is 13.0. The fraction of sp³-hybridized carbons (Fsp3) is 0.167. The number of carboxylic acid groups (broad SMARTS) is 1. The van der Waals surface area contributed by atoms with Crippen LogP contribution in [0, 0.1) is 5.92 Å². The van der Waals surface area contributed by atoms with Crippen molar-refractivity contribution >= 4 is 28.5 Å². The number of nitrogens with one attached hydrogen (secondary N) is 1. The number of benzene rings is 3. The van der Waals surface area contributed by atoms with Crippen LogP contribution in [-0.2, 0) is 9.53 Å². The largest absolute Gasteiger partial charge is 0.504 e. The molecule has 0 spiro atoms. The Kier molecular flexibility index (Phi) is 6.77. The smallest absolute Gasteiger partial charge is 0.412 e. The third-order valence-corrected chi connectivity index (χ3v) is 4.81. The lowest BCUT2D eigenvalue weighted by molar-refractivity contribution is -0.131. The summed E-state index contributed by atoms with van der Waals surface area (Å²) in [4.78, 5) is 23.7. The maximum absolute atomic E-state index is 12.7. The Hall–Kier alpha value is -4.00. The van der Waals surface area contributed by atoms with Crippen molar-refractivity contribution in [3.63, 3.8) is 0 Å². The number of aliphatic carboxylic acids is 1. The zero-order valence-corrected chi connectivity index (χ0v) is 17.1. The molecule has 7 nitrogen and oxygen atoms in total. The summed E-state index contributed by atoms with van der Waals surface area (Å²) in [5, 5.41) is 23.7. The topological polar surface area (TPSA) is 105 Å². The molecule has 7 heteroatoms. The van der Waals surface area contributed by atoms with E-state index >= 15 is 0 Å². The van der Waals surface area contributed by atoms with Crippen molar-refractivity contribution in [2.45, 2.75) is 13.0 Å². The highest BCUT2D eigenvalue weighted by Gasteiger charge is 2.24. The Bertz CT molecular complexity index is 1120. The number of hydrogen-bond acceptors (Lipinski definition) is 5. The van der Waals surface area contributed by atoms with E-state index in [-0.39, 0.29) is 11.5 Å². The summed E-state index contributed by atoms with van der Waals surface area (Å²) in [5.41, 5.74) is 1.09. The molecule has 2 atom stereocenters. The van der Waals surface area contributed by atoms with Crippen molar-refractivity contribution < 1.29 is 29.3 Å². The zero-order valence-electron chi connectivity index (χ0n) is 17.1. The summed E-state index contributed by atoms with van der Waals surface area (Å²) in [6.07, 6.45) is 0.876. The Morgan fingerprint density at radius 1 is 1.06 bits per heavy atom. The summed E-state index contributed by atoms with van der Waals surface area (Å²) in [6, 6.07) is 17.8. The number of amides is 1. The summed E-state index contributed by atoms with van der Waals surface area (Å²) < 4.78 is 10.7. The third-order valence-electron chi connectivity index (χ3n) is 4.81. The van der Waals surface area contributed by atoms with E-state index in [0.717, 1.165) is 16.8 Å².